The SMILES string of the molecule is O=C(Cc1csc2ccccc12)c1cncc(Br)c1. The maximum Gasteiger partial charge on any atom is 0.168 e. The molecule has 4 heteroatoms. The van der Waals surface area contributed by atoms with Crippen molar-refractivity contribution in [1.82, 2.24) is 4.98 Å². The van der Waals surface area contributed by atoms with Crippen molar-refractivity contribution in [3.8, 4) is 0 Å². The van der Waals surface area contributed by atoms with Gasteiger partial charge in [-0.05, 0) is 44.4 Å². The van der Waals surface area contributed by atoms with E-state index in [1.165, 1.54) is 10.1 Å². The zero-order valence-corrected chi connectivity index (χ0v) is 12.4. The first kappa shape index (κ1) is 12.5. The van der Waals surface area contributed by atoms with Gasteiger partial charge in [0.2, 0.25) is 0 Å². The monoisotopic (exact) mass is 331 g/mol. The maximum atomic E-state index is 12.3. The number of hydrogen-bond donors (Lipinski definition) is 0. The largest absolute Gasteiger partial charge is 0.294 e. The van der Waals surface area contributed by atoms with Crippen LogP contribution in [0.15, 0.2) is 52.6 Å². The quantitative estimate of drug-likeness (QED) is 0.662. The number of rotatable bonds is 3. The molecule has 0 aliphatic heterocycles. The van der Waals surface area contributed by atoms with Crippen molar-refractivity contribution in [2.75, 3.05) is 0 Å². The summed E-state index contributed by atoms with van der Waals surface area (Å²) in [5.74, 6) is 0.0948. The number of carbonyl (C=O) groups excluding carboxylic acids is 1. The van der Waals surface area contributed by atoms with Gasteiger partial charge in [-0.1, -0.05) is 18.2 Å². The van der Waals surface area contributed by atoms with Gasteiger partial charge in [-0.25, -0.2) is 0 Å². The summed E-state index contributed by atoms with van der Waals surface area (Å²) < 4.78 is 2.05. The maximum absolute atomic E-state index is 12.3. The molecule has 0 saturated carbocycles. The zero-order valence-electron chi connectivity index (χ0n) is 9.97. The van der Waals surface area contributed by atoms with Crippen molar-refractivity contribution < 1.29 is 4.79 Å². The van der Waals surface area contributed by atoms with Gasteiger partial charge in [0.25, 0.3) is 0 Å². The summed E-state index contributed by atoms with van der Waals surface area (Å²) in [4.78, 5) is 16.3. The molecule has 19 heavy (non-hydrogen) atoms. The Balaban J connectivity index is 1.91. The van der Waals surface area contributed by atoms with Crippen LogP contribution in [-0.2, 0) is 6.42 Å². The molecule has 2 nitrogen and oxygen atoms in total. The topological polar surface area (TPSA) is 30.0 Å². The number of Topliss-reactive ketones (excluding diaryl/α,β-unsaturated/α-hetero) is 1. The van der Waals surface area contributed by atoms with Gasteiger partial charge < -0.3 is 0 Å². The Morgan fingerprint density at radius 1 is 1.26 bits per heavy atom. The van der Waals surface area contributed by atoms with Gasteiger partial charge in [0.1, 0.15) is 0 Å². The first-order chi connectivity index (χ1) is 9.24. The Labute approximate surface area is 123 Å². The highest BCUT2D eigenvalue weighted by atomic mass is 79.9. The number of nitrogens with zero attached hydrogens (tertiary/aromatic N) is 1. The van der Waals surface area contributed by atoms with Gasteiger partial charge in [0, 0.05) is 33.6 Å². The predicted octanol–water partition coefficient (Wildman–Crippen LogP) is 4.48. The summed E-state index contributed by atoms with van der Waals surface area (Å²) in [6.45, 7) is 0. The normalized spacial score (nSPS) is 10.8. The molecule has 0 spiro atoms. The minimum atomic E-state index is 0.0948. The van der Waals surface area contributed by atoms with E-state index in [4.69, 9.17) is 0 Å². The molecule has 0 radical (unpaired) electrons. The second-order valence-electron chi connectivity index (χ2n) is 4.25. The van der Waals surface area contributed by atoms with E-state index in [2.05, 4.69) is 38.4 Å². The summed E-state index contributed by atoms with van der Waals surface area (Å²) >= 11 is 5.01. The van der Waals surface area contributed by atoms with E-state index in [0.29, 0.717) is 12.0 Å². The lowest BCUT2D eigenvalue weighted by molar-refractivity contribution is 0.0993. The van der Waals surface area contributed by atoms with Gasteiger partial charge in [0.05, 0.1) is 0 Å². The average Bonchev–Trinajstić information content (AvgIpc) is 2.82. The highest BCUT2D eigenvalue weighted by molar-refractivity contribution is 9.10. The standard InChI is InChI=1S/C15H10BrNOS/c16-12-5-10(7-17-8-12)14(18)6-11-9-19-15-4-2-1-3-13(11)15/h1-5,7-9H,6H2. The number of aromatic nitrogens is 1. The molecule has 0 saturated heterocycles. The van der Waals surface area contributed by atoms with Crippen LogP contribution in [0.25, 0.3) is 10.1 Å². The van der Waals surface area contributed by atoms with Crippen molar-refractivity contribution in [3.63, 3.8) is 0 Å². The number of fused-ring (bicyclic) bond motifs is 1. The Hall–Kier alpha value is -1.52. The third-order valence-corrected chi connectivity index (χ3v) is 4.38. The minimum Gasteiger partial charge on any atom is -0.294 e. The highest BCUT2D eigenvalue weighted by Gasteiger charge is 2.11. The molecule has 2 aromatic heterocycles. The molecule has 3 aromatic rings. The lowest BCUT2D eigenvalue weighted by atomic mass is 10.0. The molecule has 0 atom stereocenters. The van der Waals surface area contributed by atoms with E-state index in [0.717, 1.165) is 10.0 Å². The Morgan fingerprint density at radius 2 is 2.11 bits per heavy atom. The van der Waals surface area contributed by atoms with E-state index >= 15 is 0 Å². The summed E-state index contributed by atoms with van der Waals surface area (Å²) in [7, 11) is 0. The van der Waals surface area contributed by atoms with Crippen LogP contribution in [0.3, 0.4) is 0 Å². The van der Waals surface area contributed by atoms with E-state index in [1.54, 1.807) is 23.7 Å². The average molecular weight is 332 g/mol. The summed E-state index contributed by atoms with van der Waals surface area (Å²) in [6.07, 6.45) is 3.71. The fraction of sp³-hybridized carbons (Fsp3) is 0.0667. The van der Waals surface area contributed by atoms with Gasteiger partial charge in [-0.15, -0.1) is 11.3 Å². The number of carbonyl (C=O) groups is 1. The third kappa shape index (κ3) is 2.60. The van der Waals surface area contributed by atoms with Crippen molar-refractivity contribution >= 4 is 43.1 Å². The number of ketones is 1. The molecule has 0 unspecified atom stereocenters. The Morgan fingerprint density at radius 3 is 2.95 bits per heavy atom. The first-order valence-electron chi connectivity index (χ1n) is 5.83. The van der Waals surface area contributed by atoms with Crippen molar-refractivity contribution in [1.29, 1.82) is 0 Å². The van der Waals surface area contributed by atoms with Crippen molar-refractivity contribution in [3.05, 3.63) is 63.7 Å². The van der Waals surface area contributed by atoms with Crippen LogP contribution >= 0.6 is 27.3 Å². The lowest BCUT2D eigenvalue weighted by Crippen LogP contribution is -2.03. The van der Waals surface area contributed by atoms with Crippen LogP contribution in [0.1, 0.15) is 15.9 Å². The molecule has 0 amide bonds. The Kier molecular flexibility index (Phi) is 3.44. The van der Waals surface area contributed by atoms with Gasteiger partial charge in [-0.2, -0.15) is 0 Å². The first-order valence-corrected chi connectivity index (χ1v) is 7.50. The van der Waals surface area contributed by atoms with Crippen LogP contribution in [0.5, 0.6) is 0 Å². The van der Waals surface area contributed by atoms with Gasteiger partial charge >= 0.3 is 0 Å². The van der Waals surface area contributed by atoms with E-state index in [1.807, 2.05) is 18.2 Å². The van der Waals surface area contributed by atoms with Crippen LogP contribution in [0.4, 0.5) is 0 Å². The fourth-order valence-electron chi connectivity index (χ4n) is 2.01. The lowest BCUT2D eigenvalue weighted by Gasteiger charge is -2.01. The third-order valence-electron chi connectivity index (χ3n) is 2.94. The van der Waals surface area contributed by atoms with Crippen molar-refractivity contribution in [2.24, 2.45) is 0 Å². The Bertz CT molecular complexity index is 750. The number of pyridine rings is 1. The van der Waals surface area contributed by atoms with Crippen molar-refractivity contribution in [2.45, 2.75) is 6.42 Å². The van der Waals surface area contributed by atoms with Gasteiger partial charge in [-0.3, -0.25) is 9.78 Å². The molecule has 0 aliphatic rings. The molecular formula is C15H10BrNOS. The van der Waals surface area contributed by atoms with Crippen LogP contribution < -0.4 is 0 Å². The molecule has 0 fully saturated rings. The van der Waals surface area contributed by atoms with E-state index in [9.17, 15) is 4.79 Å². The molecule has 0 bridgehead atoms. The second kappa shape index (κ2) is 5.23. The number of benzene rings is 1. The molecule has 0 N–H and O–H groups in total. The number of halogens is 1. The molecule has 1 aromatic carbocycles. The molecule has 2 heterocycles. The van der Waals surface area contributed by atoms with Crippen LogP contribution in [-0.4, -0.2) is 10.8 Å². The van der Waals surface area contributed by atoms with Gasteiger partial charge in [0.15, 0.2) is 5.78 Å². The summed E-state index contributed by atoms with van der Waals surface area (Å²) in [6, 6.07) is 9.97. The van der Waals surface area contributed by atoms with Crippen LogP contribution in [0, 0.1) is 0 Å². The number of thiophene rings is 1. The highest BCUT2D eigenvalue weighted by Crippen LogP contribution is 2.26. The van der Waals surface area contributed by atoms with E-state index in [-0.39, 0.29) is 5.78 Å². The molecule has 94 valence electrons. The number of hydrogen-bond acceptors (Lipinski definition) is 3. The zero-order chi connectivity index (χ0) is 13.2. The summed E-state index contributed by atoms with van der Waals surface area (Å²) in [5, 5.41) is 3.23. The van der Waals surface area contributed by atoms with Crippen LogP contribution in [0.2, 0.25) is 0 Å². The smallest absolute Gasteiger partial charge is 0.168 e. The second-order valence-corrected chi connectivity index (χ2v) is 6.08. The predicted molar refractivity (Wildman–Crippen MR) is 81.8 cm³/mol. The van der Waals surface area contributed by atoms with E-state index < -0.39 is 0 Å². The molecular weight excluding hydrogens is 322 g/mol. The minimum absolute atomic E-state index is 0.0948. The molecule has 0 aliphatic carbocycles. The summed E-state index contributed by atoms with van der Waals surface area (Å²) in [5.41, 5.74) is 1.73. The fourth-order valence-corrected chi connectivity index (χ4v) is 3.34. The molecule has 3 rings (SSSR count).